The molecule has 0 aliphatic heterocycles. The van der Waals surface area contributed by atoms with Crippen LogP contribution in [-0.4, -0.2) is 16.3 Å². The molecule has 0 aliphatic rings. The van der Waals surface area contributed by atoms with Crippen molar-refractivity contribution in [3.63, 3.8) is 0 Å². The van der Waals surface area contributed by atoms with Gasteiger partial charge in [-0.1, -0.05) is 32.0 Å². The molecule has 2 aromatic heterocycles. The van der Waals surface area contributed by atoms with E-state index in [2.05, 4.69) is 65.3 Å². The predicted molar refractivity (Wildman–Crippen MR) is 89.7 cm³/mol. The van der Waals surface area contributed by atoms with E-state index in [1.807, 2.05) is 17.5 Å². The van der Waals surface area contributed by atoms with Gasteiger partial charge in [0.2, 0.25) is 0 Å². The summed E-state index contributed by atoms with van der Waals surface area (Å²) in [5, 5.41) is 9.19. The third-order valence-corrected chi connectivity index (χ3v) is 4.50. The third kappa shape index (κ3) is 3.52. The molecule has 0 unspecified atom stereocenters. The molecule has 0 saturated carbocycles. The van der Waals surface area contributed by atoms with Crippen molar-refractivity contribution in [2.24, 2.45) is 5.92 Å². The fourth-order valence-corrected chi connectivity index (χ4v) is 3.36. The van der Waals surface area contributed by atoms with Crippen LogP contribution in [0.3, 0.4) is 0 Å². The summed E-state index contributed by atoms with van der Waals surface area (Å²) in [6.07, 6.45) is 1.94. The molecule has 2 heterocycles. The maximum absolute atomic E-state index is 4.49. The molecular formula is C17H21N3S. The lowest BCUT2D eigenvalue weighted by molar-refractivity contribution is 0.555. The van der Waals surface area contributed by atoms with Crippen LogP contribution in [0.1, 0.15) is 23.6 Å². The molecule has 110 valence electrons. The van der Waals surface area contributed by atoms with Gasteiger partial charge in [0.15, 0.2) is 0 Å². The van der Waals surface area contributed by atoms with Crippen LogP contribution in [0.5, 0.6) is 0 Å². The van der Waals surface area contributed by atoms with Gasteiger partial charge >= 0.3 is 0 Å². The lowest BCUT2D eigenvalue weighted by atomic mass is 10.2. The second kappa shape index (κ2) is 6.41. The van der Waals surface area contributed by atoms with E-state index in [0.29, 0.717) is 5.92 Å². The summed E-state index contributed by atoms with van der Waals surface area (Å²) in [4.78, 5) is 2.74. The number of fused-ring (bicyclic) bond motifs is 1. The molecular weight excluding hydrogens is 278 g/mol. The van der Waals surface area contributed by atoms with Crippen molar-refractivity contribution in [2.45, 2.75) is 26.9 Å². The Morgan fingerprint density at radius 2 is 1.95 bits per heavy atom. The minimum Gasteiger partial charge on any atom is -0.312 e. The molecule has 4 heteroatoms. The largest absolute Gasteiger partial charge is 0.312 e. The van der Waals surface area contributed by atoms with Crippen molar-refractivity contribution in [3.8, 4) is 0 Å². The number of hydrogen-bond acceptors (Lipinski definition) is 3. The first-order valence-corrected chi connectivity index (χ1v) is 8.23. The van der Waals surface area contributed by atoms with Crippen LogP contribution >= 0.6 is 11.3 Å². The van der Waals surface area contributed by atoms with Crippen molar-refractivity contribution < 1.29 is 0 Å². The van der Waals surface area contributed by atoms with Crippen LogP contribution in [0.4, 0.5) is 0 Å². The monoisotopic (exact) mass is 299 g/mol. The van der Waals surface area contributed by atoms with Crippen LogP contribution in [-0.2, 0) is 13.1 Å². The zero-order valence-electron chi connectivity index (χ0n) is 12.5. The number of hydrogen-bond donors (Lipinski definition) is 1. The Bertz CT molecular complexity index is 711. The Balaban J connectivity index is 1.67. The normalized spacial score (nSPS) is 11.6. The average molecular weight is 299 g/mol. The Morgan fingerprint density at radius 3 is 2.81 bits per heavy atom. The van der Waals surface area contributed by atoms with Gasteiger partial charge in [0, 0.05) is 21.7 Å². The highest BCUT2D eigenvalue weighted by atomic mass is 32.1. The molecule has 0 amide bonds. The average Bonchev–Trinajstić information content (AvgIpc) is 3.07. The molecule has 0 radical (unpaired) electrons. The molecule has 0 spiro atoms. The Hall–Kier alpha value is -1.65. The topological polar surface area (TPSA) is 29.9 Å². The first kappa shape index (κ1) is 14.3. The van der Waals surface area contributed by atoms with E-state index in [4.69, 9.17) is 0 Å². The summed E-state index contributed by atoms with van der Waals surface area (Å²) in [5.41, 5.74) is 1.20. The van der Waals surface area contributed by atoms with Gasteiger partial charge in [-0.3, -0.25) is 4.68 Å². The van der Waals surface area contributed by atoms with Gasteiger partial charge < -0.3 is 5.32 Å². The minimum absolute atomic E-state index is 0.694. The van der Waals surface area contributed by atoms with E-state index in [1.165, 1.54) is 20.7 Å². The fourth-order valence-electron chi connectivity index (χ4n) is 2.39. The fraction of sp³-hybridized carbons (Fsp3) is 0.353. The maximum atomic E-state index is 4.49. The van der Waals surface area contributed by atoms with E-state index in [0.717, 1.165) is 19.6 Å². The quantitative estimate of drug-likeness (QED) is 0.748. The van der Waals surface area contributed by atoms with Gasteiger partial charge in [-0.25, -0.2) is 0 Å². The van der Waals surface area contributed by atoms with Gasteiger partial charge in [-0.2, -0.15) is 5.10 Å². The molecule has 3 rings (SSSR count). The van der Waals surface area contributed by atoms with Crippen LogP contribution in [0.25, 0.3) is 10.9 Å². The molecule has 0 fully saturated rings. The van der Waals surface area contributed by atoms with Crippen molar-refractivity contribution in [3.05, 3.63) is 52.3 Å². The smallest absolute Gasteiger partial charge is 0.0759 e. The summed E-state index contributed by atoms with van der Waals surface area (Å²) < 4.78 is 2.08. The minimum atomic E-state index is 0.694. The van der Waals surface area contributed by atoms with Crippen LogP contribution in [0.2, 0.25) is 0 Å². The highest BCUT2D eigenvalue weighted by Gasteiger charge is 2.05. The highest BCUT2D eigenvalue weighted by Crippen LogP contribution is 2.20. The number of rotatable bonds is 6. The molecule has 3 nitrogen and oxygen atoms in total. The molecule has 3 aromatic rings. The van der Waals surface area contributed by atoms with Crippen molar-refractivity contribution in [1.82, 2.24) is 15.1 Å². The third-order valence-electron chi connectivity index (χ3n) is 3.43. The first-order chi connectivity index (χ1) is 10.2. The second-order valence-electron chi connectivity index (χ2n) is 5.75. The predicted octanol–water partition coefficient (Wildman–Crippen LogP) is 3.89. The lowest BCUT2D eigenvalue weighted by Gasteiger charge is -2.05. The van der Waals surface area contributed by atoms with Crippen LogP contribution in [0, 0.1) is 5.92 Å². The zero-order valence-corrected chi connectivity index (χ0v) is 13.4. The molecule has 0 atom stereocenters. The molecule has 0 bridgehead atoms. The number of thiophene rings is 1. The number of para-hydroxylation sites is 1. The van der Waals surface area contributed by atoms with E-state index >= 15 is 0 Å². The standard InChI is InChI=1S/C17H21N3S/c1-13(2)9-18-11-15-7-8-16(21-15)12-20-17-6-4-3-5-14(17)10-19-20/h3-8,10,13,18H,9,11-12H2,1-2H3. The zero-order chi connectivity index (χ0) is 14.7. The Kier molecular flexibility index (Phi) is 4.36. The van der Waals surface area contributed by atoms with E-state index in [1.54, 1.807) is 0 Å². The summed E-state index contributed by atoms with van der Waals surface area (Å²) in [5.74, 6) is 0.694. The molecule has 1 aromatic carbocycles. The molecule has 0 saturated heterocycles. The maximum Gasteiger partial charge on any atom is 0.0759 e. The summed E-state index contributed by atoms with van der Waals surface area (Å²) in [6.45, 7) is 7.34. The van der Waals surface area contributed by atoms with Gasteiger partial charge in [-0.15, -0.1) is 11.3 Å². The van der Waals surface area contributed by atoms with Crippen molar-refractivity contribution in [1.29, 1.82) is 0 Å². The molecule has 21 heavy (non-hydrogen) atoms. The van der Waals surface area contributed by atoms with E-state index < -0.39 is 0 Å². The van der Waals surface area contributed by atoms with Crippen molar-refractivity contribution >= 4 is 22.2 Å². The number of nitrogens with one attached hydrogen (secondary N) is 1. The number of benzene rings is 1. The van der Waals surface area contributed by atoms with E-state index in [-0.39, 0.29) is 0 Å². The van der Waals surface area contributed by atoms with Crippen LogP contribution in [0.15, 0.2) is 42.6 Å². The number of aromatic nitrogens is 2. The molecule has 1 N–H and O–H groups in total. The number of nitrogens with zero attached hydrogens (tertiary/aromatic N) is 2. The first-order valence-electron chi connectivity index (χ1n) is 7.41. The van der Waals surface area contributed by atoms with Crippen LogP contribution < -0.4 is 5.32 Å². The van der Waals surface area contributed by atoms with Crippen molar-refractivity contribution in [2.75, 3.05) is 6.54 Å². The van der Waals surface area contributed by atoms with Gasteiger partial charge in [-0.05, 0) is 30.7 Å². The Labute approximate surface area is 129 Å². The highest BCUT2D eigenvalue weighted by molar-refractivity contribution is 7.11. The van der Waals surface area contributed by atoms with Gasteiger partial charge in [0.1, 0.15) is 0 Å². The Morgan fingerprint density at radius 1 is 1.14 bits per heavy atom. The van der Waals surface area contributed by atoms with Gasteiger partial charge in [0.25, 0.3) is 0 Å². The SMILES string of the molecule is CC(C)CNCc1ccc(Cn2ncc3ccccc32)s1. The lowest BCUT2D eigenvalue weighted by Crippen LogP contribution is -2.18. The second-order valence-corrected chi connectivity index (χ2v) is 7.01. The van der Waals surface area contributed by atoms with E-state index in [9.17, 15) is 0 Å². The van der Waals surface area contributed by atoms with Gasteiger partial charge in [0.05, 0.1) is 18.3 Å². The summed E-state index contributed by atoms with van der Waals surface area (Å²) >= 11 is 1.87. The summed E-state index contributed by atoms with van der Waals surface area (Å²) in [7, 11) is 0. The summed E-state index contributed by atoms with van der Waals surface area (Å²) in [6, 6.07) is 12.8. The molecule has 0 aliphatic carbocycles.